The maximum absolute atomic E-state index is 12.1. The normalized spacial score (nSPS) is 11.5. The molecule has 27 heavy (non-hydrogen) atoms. The molecule has 0 radical (unpaired) electrons. The first-order chi connectivity index (χ1) is 13.0. The Morgan fingerprint density at radius 3 is 2.33 bits per heavy atom. The van der Waals surface area contributed by atoms with E-state index in [1.54, 1.807) is 24.3 Å². The first-order valence-electron chi connectivity index (χ1n) is 9.25. The van der Waals surface area contributed by atoms with Crippen molar-refractivity contribution < 1.29 is 19.1 Å². The fourth-order valence-electron chi connectivity index (χ4n) is 2.46. The van der Waals surface area contributed by atoms with E-state index in [-0.39, 0.29) is 18.6 Å². The fraction of sp³-hybridized carbons (Fsp3) is 0.364. The molecule has 1 amide bonds. The summed E-state index contributed by atoms with van der Waals surface area (Å²) in [7, 11) is 0. The highest BCUT2D eigenvalue weighted by Gasteiger charge is 2.13. The topological polar surface area (TPSA) is 64.6 Å². The average Bonchev–Trinajstić information content (AvgIpc) is 2.67. The van der Waals surface area contributed by atoms with E-state index < -0.39 is 5.97 Å². The third kappa shape index (κ3) is 6.77. The number of ether oxygens (including phenoxy) is 2. The second kappa shape index (κ2) is 10.4. The van der Waals surface area contributed by atoms with E-state index in [9.17, 15) is 9.59 Å². The number of unbranched alkanes of at least 4 members (excludes halogenated alkanes) is 1. The van der Waals surface area contributed by atoms with Gasteiger partial charge in [0.1, 0.15) is 5.75 Å². The number of rotatable bonds is 9. The van der Waals surface area contributed by atoms with Gasteiger partial charge in [0.2, 0.25) is 0 Å². The standard InChI is InChI=1S/C22H27NO4/c1-4-5-14-26-20-12-10-19(11-13-20)22(25)27-15-21(24)23-17(3)18-8-6-16(2)7-9-18/h6-13,17H,4-5,14-15H2,1-3H3,(H,23,24)/t17-/m0/s1. The summed E-state index contributed by atoms with van der Waals surface area (Å²) in [6, 6.07) is 14.5. The van der Waals surface area contributed by atoms with Crippen LogP contribution in [0.15, 0.2) is 48.5 Å². The van der Waals surface area contributed by atoms with Crippen LogP contribution < -0.4 is 10.1 Å². The van der Waals surface area contributed by atoms with Gasteiger partial charge in [0, 0.05) is 0 Å². The lowest BCUT2D eigenvalue weighted by molar-refractivity contribution is -0.124. The van der Waals surface area contributed by atoms with Gasteiger partial charge in [-0.2, -0.15) is 0 Å². The number of hydrogen-bond acceptors (Lipinski definition) is 4. The predicted octanol–water partition coefficient (Wildman–Crippen LogP) is 4.21. The van der Waals surface area contributed by atoms with Crippen LogP contribution in [0.5, 0.6) is 5.75 Å². The van der Waals surface area contributed by atoms with Gasteiger partial charge >= 0.3 is 5.97 Å². The van der Waals surface area contributed by atoms with Crippen LogP contribution in [0.25, 0.3) is 0 Å². The van der Waals surface area contributed by atoms with E-state index in [1.165, 1.54) is 0 Å². The number of carbonyl (C=O) groups excluding carboxylic acids is 2. The second-order valence-corrected chi connectivity index (χ2v) is 6.50. The van der Waals surface area contributed by atoms with Crippen LogP contribution in [-0.2, 0) is 9.53 Å². The molecular formula is C22H27NO4. The lowest BCUT2D eigenvalue weighted by Crippen LogP contribution is -2.31. The van der Waals surface area contributed by atoms with Gasteiger partial charge in [0.05, 0.1) is 18.2 Å². The molecule has 1 atom stereocenters. The van der Waals surface area contributed by atoms with Gasteiger partial charge < -0.3 is 14.8 Å². The van der Waals surface area contributed by atoms with Crippen LogP contribution in [-0.4, -0.2) is 25.1 Å². The van der Waals surface area contributed by atoms with Crippen LogP contribution >= 0.6 is 0 Å². The summed E-state index contributed by atoms with van der Waals surface area (Å²) >= 11 is 0. The predicted molar refractivity (Wildman–Crippen MR) is 105 cm³/mol. The summed E-state index contributed by atoms with van der Waals surface area (Å²) in [5.41, 5.74) is 2.55. The molecule has 5 heteroatoms. The Morgan fingerprint density at radius 2 is 1.70 bits per heavy atom. The summed E-state index contributed by atoms with van der Waals surface area (Å²) in [6.45, 7) is 6.33. The van der Waals surface area contributed by atoms with Crippen LogP contribution in [0.4, 0.5) is 0 Å². The lowest BCUT2D eigenvalue weighted by atomic mass is 10.1. The van der Waals surface area contributed by atoms with Crippen molar-refractivity contribution in [3.05, 3.63) is 65.2 Å². The fourth-order valence-corrected chi connectivity index (χ4v) is 2.46. The summed E-state index contributed by atoms with van der Waals surface area (Å²) in [5.74, 6) is -0.158. The summed E-state index contributed by atoms with van der Waals surface area (Å²) in [6.07, 6.45) is 2.05. The van der Waals surface area contributed by atoms with Crippen molar-refractivity contribution in [2.75, 3.05) is 13.2 Å². The SMILES string of the molecule is CCCCOc1ccc(C(=O)OCC(=O)N[C@@H](C)c2ccc(C)cc2)cc1. The zero-order valence-electron chi connectivity index (χ0n) is 16.2. The molecule has 0 aliphatic carbocycles. The molecule has 0 saturated carbocycles. The van der Waals surface area contributed by atoms with Crippen LogP contribution in [0.1, 0.15) is 54.2 Å². The molecule has 144 valence electrons. The van der Waals surface area contributed by atoms with Gasteiger partial charge in [0.25, 0.3) is 5.91 Å². The zero-order chi connectivity index (χ0) is 19.6. The number of nitrogens with one attached hydrogen (secondary N) is 1. The Bertz CT molecular complexity index is 738. The Kier molecular flexibility index (Phi) is 7.86. The summed E-state index contributed by atoms with van der Waals surface area (Å²) < 4.78 is 10.6. The van der Waals surface area contributed by atoms with Gasteiger partial charge in [-0.15, -0.1) is 0 Å². The summed E-state index contributed by atoms with van der Waals surface area (Å²) in [4.78, 5) is 24.1. The zero-order valence-corrected chi connectivity index (χ0v) is 16.2. The molecule has 1 N–H and O–H groups in total. The van der Waals surface area contributed by atoms with Crippen LogP contribution in [0, 0.1) is 6.92 Å². The van der Waals surface area contributed by atoms with Crippen LogP contribution in [0.3, 0.4) is 0 Å². The number of aryl methyl sites for hydroxylation is 1. The third-order valence-corrected chi connectivity index (χ3v) is 4.15. The van der Waals surface area contributed by atoms with E-state index in [0.29, 0.717) is 17.9 Å². The molecule has 2 aromatic carbocycles. The number of hydrogen-bond donors (Lipinski definition) is 1. The summed E-state index contributed by atoms with van der Waals surface area (Å²) in [5, 5.41) is 2.82. The quantitative estimate of drug-likeness (QED) is 0.531. The molecule has 0 heterocycles. The third-order valence-electron chi connectivity index (χ3n) is 4.15. The Balaban J connectivity index is 1.78. The first kappa shape index (κ1) is 20.5. The maximum atomic E-state index is 12.1. The van der Waals surface area contributed by atoms with Gasteiger partial charge in [-0.1, -0.05) is 43.2 Å². The molecular weight excluding hydrogens is 342 g/mol. The van der Waals surface area contributed by atoms with Crippen molar-refractivity contribution in [1.82, 2.24) is 5.32 Å². The largest absolute Gasteiger partial charge is 0.494 e. The molecule has 5 nitrogen and oxygen atoms in total. The van der Waals surface area contributed by atoms with Crippen molar-refractivity contribution in [1.29, 1.82) is 0 Å². The Hall–Kier alpha value is -2.82. The van der Waals surface area contributed by atoms with Crippen molar-refractivity contribution in [2.24, 2.45) is 0 Å². The molecule has 0 aliphatic heterocycles. The molecule has 2 rings (SSSR count). The second-order valence-electron chi connectivity index (χ2n) is 6.50. The monoisotopic (exact) mass is 369 g/mol. The molecule has 0 unspecified atom stereocenters. The highest BCUT2D eigenvalue weighted by molar-refractivity contribution is 5.91. The first-order valence-corrected chi connectivity index (χ1v) is 9.25. The van der Waals surface area contributed by atoms with Gasteiger partial charge in [-0.25, -0.2) is 4.79 Å². The smallest absolute Gasteiger partial charge is 0.338 e. The minimum atomic E-state index is -0.534. The average molecular weight is 369 g/mol. The lowest BCUT2D eigenvalue weighted by Gasteiger charge is -2.14. The number of amides is 1. The Labute approximate surface area is 160 Å². The highest BCUT2D eigenvalue weighted by Crippen LogP contribution is 2.14. The molecule has 0 bridgehead atoms. The number of carbonyl (C=O) groups is 2. The number of esters is 1. The molecule has 0 spiro atoms. The number of benzene rings is 2. The van der Waals surface area contributed by atoms with E-state index in [2.05, 4.69) is 12.2 Å². The molecule has 0 saturated heterocycles. The molecule has 0 aromatic heterocycles. The van der Waals surface area contributed by atoms with E-state index >= 15 is 0 Å². The van der Waals surface area contributed by atoms with Crippen molar-refractivity contribution in [3.63, 3.8) is 0 Å². The Morgan fingerprint density at radius 1 is 1.04 bits per heavy atom. The van der Waals surface area contributed by atoms with Crippen molar-refractivity contribution in [2.45, 2.75) is 39.7 Å². The minimum Gasteiger partial charge on any atom is -0.494 e. The van der Waals surface area contributed by atoms with Gasteiger partial charge in [0.15, 0.2) is 6.61 Å². The van der Waals surface area contributed by atoms with E-state index in [4.69, 9.17) is 9.47 Å². The molecule has 2 aromatic rings. The van der Waals surface area contributed by atoms with E-state index in [1.807, 2.05) is 38.1 Å². The van der Waals surface area contributed by atoms with E-state index in [0.717, 1.165) is 24.0 Å². The van der Waals surface area contributed by atoms with Crippen LogP contribution in [0.2, 0.25) is 0 Å². The molecule has 0 aliphatic rings. The molecule has 0 fully saturated rings. The van der Waals surface area contributed by atoms with Gasteiger partial charge in [-0.3, -0.25) is 4.79 Å². The van der Waals surface area contributed by atoms with Crippen molar-refractivity contribution in [3.8, 4) is 5.75 Å². The van der Waals surface area contributed by atoms with Gasteiger partial charge in [-0.05, 0) is 50.1 Å². The maximum Gasteiger partial charge on any atom is 0.338 e. The highest BCUT2D eigenvalue weighted by atomic mass is 16.5. The van der Waals surface area contributed by atoms with Crippen molar-refractivity contribution >= 4 is 11.9 Å². The minimum absolute atomic E-state index is 0.156.